The van der Waals surface area contributed by atoms with Crippen LogP contribution >= 0.6 is 0 Å². The number of hydrogen-bond donors (Lipinski definition) is 1. The Morgan fingerprint density at radius 3 is 2.63 bits per heavy atom. The molecule has 0 aliphatic carbocycles. The molecule has 1 unspecified atom stereocenters. The molecular weight excluding hydrogens is 266 g/mol. The van der Waals surface area contributed by atoms with Gasteiger partial charge in [-0.15, -0.1) is 0 Å². The molecule has 1 aromatic rings. The Kier molecular flexibility index (Phi) is 4.19. The number of nitrogens with zero attached hydrogens (tertiary/aromatic N) is 4. The van der Waals surface area contributed by atoms with Gasteiger partial charge in [-0.25, -0.2) is 13.4 Å². The summed E-state index contributed by atoms with van der Waals surface area (Å²) in [7, 11) is -3.48. The lowest BCUT2D eigenvalue weighted by Gasteiger charge is -2.35. The highest BCUT2D eigenvalue weighted by molar-refractivity contribution is 7.89. The van der Waals surface area contributed by atoms with Gasteiger partial charge in [0.2, 0.25) is 0 Å². The minimum atomic E-state index is -3.48. The summed E-state index contributed by atoms with van der Waals surface area (Å²) in [6, 6.07) is 2.12. The number of H-pyrrole nitrogens is 1. The van der Waals surface area contributed by atoms with Crippen LogP contribution < -0.4 is 0 Å². The van der Waals surface area contributed by atoms with Crippen LogP contribution in [-0.2, 0) is 10.0 Å². The molecule has 0 bridgehead atoms. The summed E-state index contributed by atoms with van der Waals surface area (Å²) in [5, 5.41) is 9.14. The third-order valence-electron chi connectivity index (χ3n) is 3.34. The molecule has 7 nitrogen and oxygen atoms in total. The molecule has 8 heteroatoms. The van der Waals surface area contributed by atoms with E-state index in [2.05, 4.69) is 16.0 Å². The second-order valence-electron chi connectivity index (χ2n) is 4.41. The maximum Gasteiger partial charge on any atom is 0.260 e. The van der Waals surface area contributed by atoms with E-state index in [-0.39, 0.29) is 11.1 Å². The van der Waals surface area contributed by atoms with Crippen LogP contribution in [0.2, 0.25) is 0 Å². The molecule has 1 aliphatic rings. The molecule has 19 heavy (non-hydrogen) atoms. The van der Waals surface area contributed by atoms with E-state index in [0.717, 1.165) is 6.42 Å². The third kappa shape index (κ3) is 2.78. The first kappa shape index (κ1) is 14.0. The fraction of sp³-hybridized carbons (Fsp3) is 0.636. The van der Waals surface area contributed by atoms with Crippen molar-refractivity contribution < 1.29 is 8.42 Å². The van der Waals surface area contributed by atoms with Crippen molar-refractivity contribution in [1.82, 2.24) is 19.2 Å². The molecule has 0 aromatic carbocycles. The normalized spacial score (nSPS) is 20.0. The average Bonchev–Trinajstić information content (AvgIpc) is 2.95. The molecule has 1 atom stereocenters. The second-order valence-corrected chi connectivity index (χ2v) is 6.32. The fourth-order valence-electron chi connectivity index (χ4n) is 2.21. The number of aromatic amines is 1. The lowest BCUT2D eigenvalue weighted by atomic mass is 10.2. The molecule has 0 saturated carbocycles. The van der Waals surface area contributed by atoms with Crippen molar-refractivity contribution in [1.29, 1.82) is 5.26 Å². The first-order valence-electron chi connectivity index (χ1n) is 6.21. The van der Waals surface area contributed by atoms with Crippen LogP contribution in [0, 0.1) is 11.3 Å². The van der Waals surface area contributed by atoms with E-state index in [1.807, 2.05) is 11.8 Å². The number of imidazole rings is 1. The summed E-state index contributed by atoms with van der Waals surface area (Å²) in [5.74, 6) is 0. The number of aromatic nitrogens is 2. The van der Waals surface area contributed by atoms with Crippen molar-refractivity contribution in [2.24, 2.45) is 0 Å². The standard InChI is InChI=1S/C11H17N5O2S/c1-2-10(7-12)15-3-5-16(6-4-15)19(17,18)11-8-13-9-14-11/h8-10H,2-6H2,1H3,(H,13,14). The highest BCUT2D eigenvalue weighted by atomic mass is 32.2. The van der Waals surface area contributed by atoms with Gasteiger partial charge in [0.1, 0.15) is 0 Å². The molecule has 0 radical (unpaired) electrons. The molecular formula is C11H17N5O2S. The number of nitriles is 1. The Labute approximate surface area is 112 Å². The molecule has 2 rings (SSSR count). The second kappa shape index (κ2) is 5.69. The number of nitrogens with one attached hydrogen (secondary N) is 1. The smallest absolute Gasteiger partial charge is 0.260 e. The van der Waals surface area contributed by atoms with Gasteiger partial charge in [-0.1, -0.05) is 6.92 Å². The zero-order chi connectivity index (χ0) is 13.9. The molecule has 1 N–H and O–H groups in total. The number of piperazine rings is 1. The largest absolute Gasteiger partial charge is 0.335 e. The van der Waals surface area contributed by atoms with Gasteiger partial charge in [0, 0.05) is 26.2 Å². The molecule has 104 valence electrons. The number of hydrogen-bond acceptors (Lipinski definition) is 5. The molecule has 1 aliphatic heterocycles. The Bertz CT molecular complexity index is 540. The van der Waals surface area contributed by atoms with Gasteiger partial charge in [-0.3, -0.25) is 4.90 Å². The predicted octanol–water partition coefficient (Wildman–Crippen LogP) is 0.0182. The Morgan fingerprint density at radius 2 is 2.16 bits per heavy atom. The van der Waals surface area contributed by atoms with Crippen LogP contribution in [0.4, 0.5) is 0 Å². The maximum absolute atomic E-state index is 12.2. The number of rotatable bonds is 4. The van der Waals surface area contributed by atoms with Crippen LogP contribution in [0.15, 0.2) is 17.6 Å². The van der Waals surface area contributed by atoms with Gasteiger partial charge in [-0.2, -0.15) is 9.57 Å². The lowest BCUT2D eigenvalue weighted by Crippen LogP contribution is -2.51. The van der Waals surface area contributed by atoms with Crippen molar-refractivity contribution in [3.63, 3.8) is 0 Å². The van der Waals surface area contributed by atoms with E-state index in [4.69, 9.17) is 5.26 Å². The van der Waals surface area contributed by atoms with Gasteiger partial charge in [-0.05, 0) is 6.42 Å². The van der Waals surface area contributed by atoms with E-state index in [9.17, 15) is 8.42 Å². The fourth-order valence-corrected chi connectivity index (χ4v) is 3.53. The quantitative estimate of drug-likeness (QED) is 0.840. The predicted molar refractivity (Wildman–Crippen MR) is 68.6 cm³/mol. The summed E-state index contributed by atoms with van der Waals surface area (Å²) in [5.41, 5.74) is 0. The first-order valence-corrected chi connectivity index (χ1v) is 7.65. The van der Waals surface area contributed by atoms with E-state index in [0.29, 0.717) is 26.2 Å². The summed E-state index contributed by atoms with van der Waals surface area (Å²) >= 11 is 0. The summed E-state index contributed by atoms with van der Waals surface area (Å²) in [4.78, 5) is 8.39. The molecule has 1 aromatic heterocycles. The average molecular weight is 283 g/mol. The number of sulfonamides is 1. The molecule has 1 saturated heterocycles. The van der Waals surface area contributed by atoms with Crippen molar-refractivity contribution in [2.75, 3.05) is 26.2 Å². The van der Waals surface area contributed by atoms with Gasteiger partial charge < -0.3 is 4.98 Å². The van der Waals surface area contributed by atoms with E-state index in [1.165, 1.54) is 16.8 Å². The van der Waals surface area contributed by atoms with E-state index < -0.39 is 10.0 Å². The molecule has 0 amide bonds. The highest BCUT2D eigenvalue weighted by Gasteiger charge is 2.31. The van der Waals surface area contributed by atoms with Crippen LogP contribution in [0.3, 0.4) is 0 Å². The summed E-state index contributed by atoms with van der Waals surface area (Å²) in [6.07, 6.45) is 3.42. The zero-order valence-corrected chi connectivity index (χ0v) is 11.6. The molecule has 0 spiro atoms. The Morgan fingerprint density at radius 1 is 1.47 bits per heavy atom. The van der Waals surface area contributed by atoms with E-state index in [1.54, 1.807) is 0 Å². The minimum absolute atomic E-state index is 0.119. The van der Waals surface area contributed by atoms with Gasteiger partial charge in [0.05, 0.1) is 24.6 Å². The molecule has 2 heterocycles. The summed E-state index contributed by atoms with van der Waals surface area (Å²) in [6.45, 7) is 3.93. The monoisotopic (exact) mass is 283 g/mol. The third-order valence-corrected chi connectivity index (χ3v) is 5.16. The SMILES string of the molecule is CCC(C#N)N1CCN(S(=O)(=O)c2cnc[nH]2)CC1. The van der Waals surface area contributed by atoms with Crippen LogP contribution in [0.1, 0.15) is 13.3 Å². The van der Waals surface area contributed by atoms with E-state index >= 15 is 0 Å². The topological polar surface area (TPSA) is 93.1 Å². The minimum Gasteiger partial charge on any atom is -0.335 e. The lowest BCUT2D eigenvalue weighted by molar-refractivity contribution is 0.159. The zero-order valence-electron chi connectivity index (χ0n) is 10.8. The Hall–Kier alpha value is -1.43. The first-order chi connectivity index (χ1) is 9.09. The maximum atomic E-state index is 12.2. The van der Waals surface area contributed by atoms with Gasteiger partial charge in [0.15, 0.2) is 5.03 Å². The van der Waals surface area contributed by atoms with Gasteiger partial charge in [0.25, 0.3) is 10.0 Å². The van der Waals surface area contributed by atoms with Crippen molar-refractivity contribution >= 4 is 10.0 Å². The van der Waals surface area contributed by atoms with Crippen LogP contribution in [0.5, 0.6) is 0 Å². The van der Waals surface area contributed by atoms with Gasteiger partial charge >= 0.3 is 0 Å². The highest BCUT2D eigenvalue weighted by Crippen LogP contribution is 2.16. The Balaban J connectivity index is 2.03. The van der Waals surface area contributed by atoms with Crippen molar-refractivity contribution in [2.45, 2.75) is 24.4 Å². The van der Waals surface area contributed by atoms with Crippen molar-refractivity contribution in [3.8, 4) is 6.07 Å². The van der Waals surface area contributed by atoms with Crippen LogP contribution in [-0.4, -0.2) is 59.8 Å². The molecule has 1 fully saturated rings. The van der Waals surface area contributed by atoms with Crippen molar-refractivity contribution in [3.05, 3.63) is 12.5 Å². The van der Waals surface area contributed by atoms with Crippen LogP contribution in [0.25, 0.3) is 0 Å². The summed E-state index contributed by atoms with van der Waals surface area (Å²) < 4.78 is 25.9.